The van der Waals surface area contributed by atoms with Gasteiger partial charge in [-0.25, -0.2) is 4.39 Å². The molecule has 0 radical (unpaired) electrons. The van der Waals surface area contributed by atoms with Crippen LogP contribution in [0.15, 0.2) is 24.4 Å². The van der Waals surface area contributed by atoms with Crippen molar-refractivity contribution in [1.29, 1.82) is 0 Å². The number of nitrogens with one attached hydrogen (secondary N) is 1. The van der Waals surface area contributed by atoms with Gasteiger partial charge >= 0.3 is 0 Å². The second kappa shape index (κ2) is 5.08. The first-order chi connectivity index (χ1) is 8.54. The number of hydrogen-bond acceptors (Lipinski definition) is 2. The molecule has 2 aromatic rings. The number of nitrogens with zero attached hydrogens (tertiary/aromatic N) is 2. The van der Waals surface area contributed by atoms with Crippen molar-refractivity contribution in [2.24, 2.45) is 7.05 Å². The molecule has 1 N–H and O–H groups in total. The lowest BCUT2D eigenvalue weighted by Gasteiger charge is -2.17. The summed E-state index contributed by atoms with van der Waals surface area (Å²) >= 11 is 5.77. The van der Waals surface area contributed by atoms with E-state index in [0.29, 0.717) is 10.6 Å². The first-order valence-corrected chi connectivity index (χ1v) is 6.03. The Bertz CT molecular complexity index is 565. The molecular formula is C13H15ClFN3. The Balaban J connectivity index is 2.48. The summed E-state index contributed by atoms with van der Waals surface area (Å²) in [5, 5.41) is 7.70. The van der Waals surface area contributed by atoms with Crippen molar-refractivity contribution in [1.82, 2.24) is 15.1 Å². The summed E-state index contributed by atoms with van der Waals surface area (Å²) in [7, 11) is 3.66. The molecule has 0 saturated heterocycles. The van der Waals surface area contributed by atoms with Crippen molar-refractivity contribution in [3.05, 3.63) is 52.1 Å². The van der Waals surface area contributed by atoms with Gasteiger partial charge in [-0.2, -0.15) is 5.10 Å². The summed E-state index contributed by atoms with van der Waals surface area (Å²) in [5.74, 6) is -0.315. The van der Waals surface area contributed by atoms with Crippen LogP contribution in [0.3, 0.4) is 0 Å². The number of rotatable bonds is 3. The van der Waals surface area contributed by atoms with E-state index >= 15 is 0 Å². The van der Waals surface area contributed by atoms with E-state index in [1.165, 1.54) is 6.07 Å². The molecule has 0 bridgehead atoms. The number of aromatic nitrogens is 2. The van der Waals surface area contributed by atoms with Crippen molar-refractivity contribution in [2.75, 3.05) is 7.05 Å². The molecule has 0 saturated carbocycles. The number of hydrogen-bond donors (Lipinski definition) is 1. The molecule has 18 heavy (non-hydrogen) atoms. The Morgan fingerprint density at radius 3 is 2.61 bits per heavy atom. The van der Waals surface area contributed by atoms with Gasteiger partial charge in [-0.1, -0.05) is 17.7 Å². The number of halogens is 2. The summed E-state index contributed by atoms with van der Waals surface area (Å²) in [6.45, 7) is 1.96. The van der Waals surface area contributed by atoms with Crippen LogP contribution < -0.4 is 5.32 Å². The molecule has 0 fully saturated rings. The Morgan fingerprint density at radius 1 is 1.39 bits per heavy atom. The van der Waals surface area contributed by atoms with E-state index in [2.05, 4.69) is 10.4 Å². The van der Waals surface area contributed by atoms with Gasteiger partial charge in [0.2, 0.25) is 0 Å². The third kappa shape index (κ3) is 2.26. The monoisotopic (exact) mass is 267 g/mol. The summed E-state index contributed by atoms with van der Waals surface area (Å²) in [5.41, 5.74) is 2.53. The quantitative estimate of drug-likeness (QED) is 0.927. The van der Waals surface area contributed by atoms with Crippen molar-refractivity contribution in [3.63, 3.8) is 0 Å². The van der Waals surface area contributed by atoms with Gasteiger partial charge in [0, 0.05) is 28.9 Å². The zero-order valence-corrected chi connectivity index (χ0v) is 11.3. The normalized spacial score (nSPS) is 12.7. The fraction of sp³-hybridized carbons (Fsp3) is 0.308. The van der Waals surface area contributed by atoms with Crippen LogP contribution in [0.4, 0.5) is 4.39 Å². The fourth-order valence-corrected chi connectivity index (χ4v) is 2.17. The van der Waals surface area contributed by atoms with Crippen molar-refractivity contribution < 1.29 is 4.39 Å². The van der Waals surface area contributed by atoms with Crippen molar-refractivity contribution >= 4 is 11.6 Å². The summed E-state index contributed by atoms with van der Waals surface area (Å²) < 4.78 is 15.7. The largest absolute Gasteiger partial charge is 0.309 e. The average Bonchev–Trinajstić information content (AvgIpc) is 2.65. The highest BCUT2D eigenvalue weighted by Gasteiger charge is 2.20. The Hall–Kier alpha value is -1.39. The zero-order chi connectivity index (χ0) is 13.3. The second-order valence-corrected chi connectivity index (χ2v) is 4.63. The van der Waals surface area contributed by atoms with Crippen LogP contribution in [0.5, 0.6) is 0 Å². The third-order valence-corrected chi connectivity index (χ3v) is 3.38. The van der Waals surface area contributed by atoms with E-state index in [9.17, 15) is 4.39 Å². The molecule has 0 amide bonds. The first-order valence-electron chi connectivity index (χ1n) is 5.65. The lowest BCUT2D eigenvalue weighted by molar-refractivity contribution is 0.574. The molecule has 0 aliphatic rings. The Kier molecular flexibility index (Phi) is 3.68. The summed E-state index contributed by atoms with van der Waals surface area (Å²) in [4.78, 5) is 0. The zero-order valence-electron chi connectivity index (χ0n) is 10.5. The van der Waals surface area contributed by atoms with Crippen molar-refractivity contribution in [2.45, 2.75) is 13.0 Å². The molecule has 0 spiro atoms. The first kappa shape index (κ1) is 13.1. The smallest absolute Gasteiger partial charge is 0.129 e. The molecule has 1 aromatic carbocycles. The van der Waals surface area contributed by atoms with Crippen molar-refractivity contribution in [3.8, 4) is 0 Å². The summed E-state index contributed by atoms with van der Waals surface area (Å²) in [6.07, 6.45) is 1.75. The Labute approximate surface area is 111 Å². The minimum Gasteiger partial charge on any atom is -0.309 e. The van der Waals surface area contributed by atoms with Gasteiger partial charge < -0.3 is 5.32 Å². The maximum absolute atomic E-state index is 14.0. The fourth-order valence-electron chi connectivity index (χ4n) is 2.01. The van der Waals surface area contributed by atoms with Gasteiger partial charge in [0.1, 0.15) is 5.82 Å². The molecule has 0 aliphatic heterocycles. The van der Waals surface area contributed by atoms with Crippen LogP contribution in [0.1, 0.15) is 22.9 Å². The number of aryl methyl sites for hydroxylation is 1. The Morgan fingerprint density at radius 2 is 2.11 bits per heavy atom. The summed E-state index contributed by atoms with van der Waals surface area (Å²) in [6, 6.07) is 4.49. The van der Waals surface area contributed by atoms with Crippen LogP contribution in [-0.2, 0) is 7.05 Å². The average molecular weight is 268 g/mol. The van der Waals surface area contributed by atoms with Gasteiger partial charge in [-0.15, -0.1) is 0 Å². The van der Waals surface area contributed by atoms with Crippen LogP contribution in [0, 0.1) is 12.7 Å². The van der Waals surface area contributed by atoms with Crippen LogP contribution in [-0.4, -0.2) is 16.8 Å². The van der Waals surface area contributed by atoms with Gasteiger partial charge in [0.15, 0.2) is 0 Å². The molecule has 5 heteroatoms. The molecule has 1 unspecified atom stereocenters. The lowest BCUT2D eigenvalue weighted by atomic mass is 9.99. The van der Waals surface area contributed by atoms with Gasteiger partial charge in [-0.05, 0) is 26.1 Å². The van der Waals surface area contributed by atoms with Crippen LogP contribution >= 0.6 is 11.6 Å². The van der Waals surface area contributed by atoms with E-state index in [-0.39, 0.29) is 11.9 Å². The minimum atomic E-state index is -0.315. The van der Waals surface area contributed by atoms with Gasteiger partial charge in [-0.3, -0.25) is 4.68 Å². The maximum atomic E-state index is 14.0. The standard InChI is InChI=1S/C13H15ClFN3/c1-8-11(7-17-18(8)3)13(16-2)10-5-4-9(14)6-12(10)15/h4-7,13,16H,1-3H3. The predicted molar refractivity (Wildman–Crippen MR) is 70.3 cm³/mol. The molecule has 0 aliphatic carbocycles. The highest BCUT2D eigenvalue weighted by atomic mass is 35.5. The minimum absolute atomic E-state index is 0.226. The number of benzene rings is 1. The van der Waals surface area contributed by atoms with E-state index in [1.54, 1.807) is 30.1 Å². The third-order valence-electron chi connectivity index (χ3n) is 3.15. The van der Waals surface area contributed by atoms with E-state index in [1.807, 2.05) is 14.0 Å². The van der Waals surface area contributed by atoms with E-state index in [4.69, 9.17) is 11.6 Å². The second-order valence-electron chi connectivity index (χ2n) is 4.20. The van der Waals surface area contributed by atoms with Gasteiger partial charge in [0.25, 0.3) is 0 Å². The molecular weight excluding hydrogens is 253 g/mol. The van der Waals surface area contributed by atoms with E-state index in [0.717, 1.165) is 11.3 Å². The molecule has 96 valence electrons. The molecule has 1 heterocycles. The molecule has 1 atom stereocenters. The maximum Gasteiger partial charge on any atom is 0.129 e. The highest BCUT2D eigenvalue weighted by Crippen LogP contribution is 2.27. The molecule has 3 nitrogen and oxygen atoms in total. The van der Waals surface area contributed by atoms with E-state index < -0.39 is 0 Å². The van der Waals surface area contributed by atoms with Crippen LogP contribution in [0.2, 0.25) is 5.02 Å². The SMILES string of the molecule is CNC(c1ccc(Cl)cc1F)c1cnn(C)c1C. The highest BCUT2D eigenvalue weighted by molar-refractivity contribution is 6.30. The molecule has 2 rings (SSSR count). The predicted octanol–water partition coefficient (Wildman–Crippen LogP) is 2.83. The molecule has 1 aromatic heterocycles. The lowest BCUT2D eigenvalue weighted by Crippen LogP contribution is -2.19. The topological polar surface area (TPSA) is 29.9 Å². The van der Waals surface area contributed by atoms with Gasteiger partial charge in [0.05, 0.1) is 12.2 Å². The van der Waals surface area contributed by atoms with Crippen LogP contribution in [0.25, 0.3) is 0 Å².